The van der Waals surface area contributed by atoms with Crippen LogP contribution >= 0.6 is 0 Å². The van der Waals surface area contributed by atoms with Crippen LogP contribution in [0, 0.1) is 5.82 Å². The molecule has 1 unspecified atom stereocenters. The van der Waals surface area contributed by atoms with E-state index < -0.39 is 12.0 Å². The van der Waals surface area contributed by atoms with Crippen molar-refractivity contribution in [1.82, 2.24) is 15.7 Å². The maximum Gasteiger partial charge on any atom is 0.321 e. The number of hydroxylamine groups is 1. The summed E-state index contributed by atoms with van der Waals surface area (Å²) in [4.78, 5) is 16.3. The maximum absolute atomic E-state index is 14.7. The topological polar surface area (TPSA) is 67.0 Å². The van der Waals surface area contributed by atoms with Crippen LogP contribution in [0.3, 0.4) is 0 Å². The highest BCUT2D eigenvalue weighted by atomic mass is 19.1. The fourth-order valence-electron chi connectivity index (χ4n) is 3.31. The van der Waals surface area contributed by atoms with Crippen molar-refractivity contribution in [3.63, 3.8) is 0 Å². The number of carbonyl (C=O) groups is 1. The average Bonchev–Trinajstić information content (AvgIpc) is 3.30. The van der Waals surface area contributed by atoms with Crippen LogP contribution in [0.4, 0.5) is 4.39 Å². The van der Waals surface area contributed by atoms with Gasteiger partial charge in [-0.25, -0.2) is 4.39 Å². The predicted octanol–water partition coefficient (Wildman–Crippen LogP) is 5.04. The number of aromatic nitrogens is 2. The summed E-state index contributed by atoms with van der Waals surface area (Å²) < 4.78 is 14.7. The van der Waals surface area contributed by atoms with Gasteiger partial charge in [0, 0.05) is 24.2 Å². The van der Waals surface area contributed by atoms with Crippen LogP contribution in [0.1, 0.15) is 24.1 Å². The fraction of sp³-hybridized carbons (Fsp3) is 0.0833. The average molecular weight is 401 g/mol. The van der Waals surface area contributed by atoms with Gasteiger partial charge in [0.15, 0.2) is 0 Å². The highest BCUT2D eigenvalue weighted by Gasteiger charge is 2.19. The minimum atomic E-state index is -0.490. The second-order valence-corrected chi connectivity index (χ2v) is 6.86. The normalized spacial score (nSPS) is 11.8. The van der Waals surface area contributed by atoms with Crippen molar-refractivity contribution >= 4 is 5.97 Å². The van der Waals surface area contributed by atoms with Crippen LogP contribution in [0.15, 0.2) is 85.2 Å². The number of halogens is 1. The Morgan fingerprint density at radius 2 is 1.67 bits per heavy atom. The minimum Gasteiger partial charge on any atom is -0.370 e. The summed E-state index contributed by atoms with van der Waals surface area (Å²) in [5.41, 5.74) is 7.61. The summed E-state index contributed by atoms with van der Waals surface area (Å²) in [7, 11) is 0. The number of carbonyl (C=O) groups excluding carboxylic acids is 1. The van der Waals surface area contributed by atoms with Crippen LogP contribution in [0.5, 0.6) is 0 Å². The van der Waals surface area contributed by atoms with Gasteiger partial charge in [-0.2, -0.15) is 5.10 Å². The first-order chi connectivity index (χ1) is 14.6. The second-order valence-electron chi connectivity index (χ2n) is 6.86. The third-order valence-electron chi connectivity index (χ3n) is 4.80. The summed E-state index contributed by atoms with van der Waals surface area (Å²) in [6, 6.07) is 22.1. The van der Waals surface area contributed by atoms with Crippen LogP contribution < -0.4 is 5.48 Å². The van der Waals surface area contributed by atoms with Gasteiger partial charge in [-0.1, -0.05) is 60.7 Å². The van der Waals surface area contributed by atoms with Gasteiger partial charge in [-0.15, -0.1) is 5.48 Å². The molecular formula is C24H20FN3O2. The maximum atomic E-state index is 14.7. The zero-order chi connectivity index (χ0) is 20.9. The number of aromatic amines is 1. The molecule has 0 bridgehead atoms. The molecule has 1 heterocycles. The van der Waals surface area contributed by atoms with E-state index in [1.165, 1.54) is 13.0 Å². The summed E-state index contributed by atoms with van der Waals surface area (Å²) in [5, 5.41) is 6.70. The smallest absolute Gasteiger partial charge is 0.321 e. The van der Waals surface area contributed by atoms with E-state index in [2.05, 4.69) is 15.7 Å². The van der Waals surface area contributed by atoms with E-state index >= 15 is 0 Å². The first kappa shape index (κ1) is 19.5. The zero-order valence-corrected chi connectivity index (χ0v) is 16.3. The highest BCUT2D eigenvalue weighted by molar-refractivity contribution is 5.71. The van der Waals surface area contributed by atoms with Gasteiger partial charge in [0.1, 0.15) is 5.82 Å². The monoisotopic (exact) mass is 401 g/mol. The van der Waals surface area contributed by atoms with Crippen molar-refractivity contribution in [2.45, 2.75) is 13.0 Å². The quantitative estimate of drug-likeness (QED) is 0.444. The van der Waals surface area contributed by atoms with Gasteiger partial charge < -0.3 is 4.84 Å². The van der Waals surface area contributed by atoms with Crippen LogP contribution in [-0.2, 0) is 9.63 Å². The Hall–Kier alpha value is -3.77. The lowest BCUT2D eigenvalue weighted by atomic mass is 9.95. The number of H-pyrrole nitrogens is 1. The SMILES string of the molecule is CC(=O)ONC(c1cn[nH]c1)c1ccc(F)c(-c2ccc(-c3ccccc3)cc2)c1. The summed E-state index contributed by atoms with van der Waals surface area (Å²) in [5.74, 6) is -0.799. The summed E-state index contributed by atoms with van der Waals surface area (Å²) in [6.45, 7) is 1.31. The van der Waals surface area contributed by atoms with E-state index in [9.17, 15) is 9.18 Å². The molecule has 4 rings (SSSR count). The Bertz CT molecular complexity index is 1130. The molecule has 0 amide bonds. The van der Waals surface area contributed by atoms with E-state index in [1.54, 1.807) is 24.5 Å². The Kier molecular flexibility index (Phi) is 5.68. The van der Waals surface area contributed by atoms with Crippen molar-refractivity contribution < 1.29 is 14.0 Å². The van der Waals surface area contributed by atoms with Gasteiger partial charge in [0.25, 0.3) is 0 Å². The molecular weight excluding hydrogens is 381 g/mol. The molecule has 4 aromatic rings. The number of nitrogens with zero attached hydrogens (tertiary/aromatic N) is 1. The molecule has 0 saturated carbocycles. The number of rotatable bonds is 6. The fourth-order valence-corrected chi connectivity index (χ4v) is 3.31. The molecule has 1 atom stereocenters. The Balaban J connectivity index is 1.68. The molecule has 150 valence electrons. The van der Waals surface area contributed by atoms with Crippen molar-refractivity contribution in [3.8, 4) is 22.3 Å². The molecule has 0 fully saturated rings. The number of hydrogen-bond acceptors (Lipinski definition) is 4. The van der Waals surface area contributed by atoms with E-state index in [1.807, 2.05) is 54.6 Å². The molecule has 3 aromatic carbocycles. The second kappa shape index (κ2) is 8.71. The van der Waals surface area contributed by atoms with E-state index in [4.69, 9.17) is 4.84 Å². The predicted molar refractivity (Wildman–Crippen MR) is 113 cm³/mol. The Morgan fingerprint density at radius 1 is 0.967 bits per heavy atom. The third kappa shape index (κ3) is 4.29. The van der Waals surface area contributed by atoms with Gasteiger partial charge in [-0.05, 0) is 34.4 Å². The van der Waals surface area contributed by atoms with Crippen LogP contribution in [0.2, 0.25) is 0 Å². The first-order valence-electron chi connectivity index (χ1n) is 9.49. The lowest BCUT2D eigenvalue weighted by Gasteiger charge is -2.18. The third-order valence-corrected chi connectivity index (χ3v) is 4.80. The first-order valence-corrected chi connectivity index (χ1v) is 9.49. The van der Waals surface area contributed by atoms with Crippen molar-refractivity contribution in [2.24, 2.45) is 0 Å². The molecule has 0 radical (unpaired) electrons. The van der Waals surface area contributed by atoms with Gasteiger partial charge >= 0.3 is 5.97 Å². The van der Waals surface area contributed by atoms with Gasteiger partial charge in [0.05, 0.1) is 12.2 Å². The lowest BCUT2D eigenvalue weighted by molar-refractivity contribution is -0.149. The molecule has 0 saturated heterocycles. The zero-order valence-electron chi connectivity index (χ0n) is 16.3. The lowest BCUT2D eigenvalue weighted by Crippen LogP contribution is -2.24. The molecule has 0 aliphatic rings. The molecule has 30 heavy (non-hydrogen) atoms. The standard InChI is InChI=1S/C24H20FN3O2/c1-16(29)30-28-24(21-14-26-27-15-21)20-11-12-23(25)22(13-20)19-9-7-18(8-10-19)17-5-3-2-4-6-17/h2-15,24,28H,1H3,(H,26,27). The molecule has 6 heteroatoms. The van der Waals surface area contributed by atoms with E-state index in [-0.39, 0.29) is 5.82 Å². The molecule has 5 nitrogen and oxygen atoms in total. The molecule has 1 aromatic heterocycles. The number of hydrogen-bond donors (Lipinski definition) is 2. The van der Waals surface area contributed by atoms with Crippen LogP contribution in [0.25, 0.3) is 22.3 Å². The van der Waals surface area contributed by atoms with E-state index in [0.29, 0.717) is 5.56 Å². The largest absolute Gasteiger partial charge is 0.370 e. The number of benzene rings is 3. The van der Waals surface area contributed by atoms with Crippen molar-refractivity contribution in [1.29, 1.82) is 0 Å². The summed E-state index contributed by atoms with van der Waals surface area (Å²) >= 11 is 0. The minimum absolute atomic E-state index is 0.329. The van der Waals surface area contributed by atoms with Crippen molar-refractivity contribution in [2.75, 3.05) is 0 Å². The summed E-state index contributed by atoms with van der Waals surface area (Å²) in [6.07, 6.45) is 3.32. The van der Waals surface area contributed by atoms with Crippen molar-refractivity contribution in [3.05, 3.63) is 102 Å². The van der Waals surface area contributed by atoms with Gasteiger partial charge in [-0.3, -0.25) is 9.89 Å². The highest BCUT2D eigenvalue weighted by Crippen LogP contribution is 2.30. The molecule has 2 N–H and O–H groups in total. The Morgan fingerprint density at radius 3 is 2.33 bits per heavy atom. The number of nitrogens with one attached hydrogen (secondary N) is 2. The molecule has 0 aliphatic heterocycles. The Labute approximate surface area is 173 Å². The van der Waals surface area contributed by atoms with Crippen LogP contribution in [-0.4, -0.2) is 16.2 Å². The van der Waals surface area contributed by atoms with E-state index in [0.717, 1.165) is 27.8 Å². The van der Waals surface area contributed by atoms with Gasteiger partial charge in [0.2, 0.25) is 0 Å². The molecule has 0 aliphatic carbocycles. The molecule has 0 spiro atoms.